The molecule has 1 aliphatic rings. The Morgan fingerprint density at radius 3 is 1.36 bits per heavy atom. The monoisotopic (exact) mass is 414 g/mol. The molecule has 0 saturated heterocycles. The van der Waals surface area contributed by atoms with Crippen molar-refractivity contribution in [3.63, 3.8) is 0 Å². The Bertz CT molecular complexity index is 377. The molecule has 0 unspecified atom stereocenters. The van der Waals surface area contributed by atoms with Crippen molar-refractivity contribution in [2.45, 2.75) is 50.9 Å². The van der Waals surface area contributed by atoms with E-state index in [9.17, 15) is 0 Å². The van der Waals surface area contributed by atoms with Crippen LogP contribution >= 0.6 is 0 Å². The quantitative estimate of drug-likeness (QED) is 0.348. The van der Waals surface area contributed by atoms with E-state index in [4.69, 9.17) is 0 Å². The first-order valence-corrected chi connectivity index (χ1v) is 18.3. The zero-order valence-electron chi connectivity index (χ0n) is 18.6. The first-order valence-electron chi connectivity index (χ1n) is 8.83. The molecule has 0 aliphatic heterocycles. The van der Waals surface area contributed by atoms with Crippen molar-refractivity contribution in [1.29, 1.82) is 0 Å². The van der Waals surface area contributed by atoms with Crippen molar-refractivity contribution in [1.82, 2.24) is 0 Å². The average molecular weight is 415 g/mol. The van der Waals surface area contributed by atoms with Gasteiger partial charge in [-0.1, -0.05) is 62.8 Å². The first-order chi connectivity index (χ1) is 11.5. The van der Waals surface area contributed by atoms with Crippen LogP contribution in [0.15, 0.2) is 45.7 Å². The van der Waals surface area contributed by atoms with Crippen LogP contribution in [-0.4, -0.2) is 44.3 Å². The molecule has 0 spiro atoms. The van der Waals surface area contributed by atoms with Crippen molar-refractivity contribution in [3.05, 3.63) is 56.3 Å². The van der Waals surface area contributed by atoms with Crippen LogP contribution < -0.4 is 0 Å². The third-order valence-corrected chi connectivity index (χ3v) is 6.36. The van der Waals surface area contributed by atoms with Crippen LogP contribution in [0.5, 0.6) is 0 Å². The Morgan fingerprint density at radius 2 is 1.20 bits per heavy atom. The Kier molecular flexibility index (Phi) is 22.4. The van der Waals surface area contributed by atoms with Crippen LogP contribution in [0.2, 0.25) is 44.5 Å². The fourth-order valence-electron chi connectivity index (χ4n) is 1.32. The summed E-state index contributed by atoms with van der Waals surface area (Å²) in [6, 6.07) is 0. The Morgan fingerprint density at radius 1 is 0.840 bits per heavy atom. The van der Waals surface area contributed by atoms with E-state index in [2.05, 4.69) is 96.9 Å². The molecular formula is C20H42N2Si2Ti. The van der Waals surface area contributed by atoms with E-state index in [0.717, 1.165) is 0 Å². The van der Waals surface area contributed by atoms with E-state index >= 15 is 0 Å². The molecule has 0 heterocycles. The number of hydrogen-bond acceptors (Lipinski definition) is 0. The van der Waals surface area contributed by atoms with Gasteiger partial charge in [0.15, 0.2) is 0 Å². The van der Waals surface area contributed by atoms with E-state index in [0.29, 0.717) is 19.2 Å². The molecule has 0 atom stereocenters. The number of rotatable bonds is 4. The zero-order valence-corrected chi connectivity index (χ0v) is 22.2. The summed E-state index contributed by atoms with van der Waals surface area (Å²) < 4.78 is 1.68. The SMILES string of the molecule is C[N-]C.C[N-]C.C[Si](C)(C)C=CC=C[Si](C)(C)C.[CH3][Ti+2][C]1=CC=CC1. The second-order valence-corrected chi connectivity index (χ2v) is 19.8. The van der Waals surface area contributed by atoms with Crippen LogP contribution in [0.4, 0.5) is 0 Å². The van der Waals surface area contributed by atoms with Gasteiger partial charge in [-0.05, 0) is 0 Å². The van der Waals surface area contributed by atoms with Crippen LogP contribution in [0, 0.1) is 0 Å². The van der Waals surface area contributed by atoms with E-state index in [1.165, 1.54) is 6.42 Å². The van der Waals surface area contributed by atoms with E-state index in [1.54, 1.807) is 32.1 Å². The van der Waals surface area contributed by atoms with Gasteiger partial charge >= 0.3 is 52.9 Å². The molecule has 5 heteroatoms. The molecule has 0 fully saturated rings. The first kappa shape index (κ1) is 29.8. The molecule has 0 aromatic carbocycles. The normalized spacial score (nSPS) is 13.2. The zero-order chi connectivity index (χ0) is 20.4. The van der Waals surface area contributed by atoms with Gasteiger partial charge in [0.25, 0.3) is 0 Å². The van der Waals surface area contributed by atoms with Gasteiger partial charge < -0.3 is 10.6 Å². The molecule has 0 saturated carbocycles. The molecule has 0 bridgehead atoms. The fourth-order valence-corrected chi connectivity index (χ4v) is 3.61. The summed E-state index contributed by atoms with van der Waals surface area (Å²) >= 11 is 0.292. The van der Waals surface area contributed by atoms with Crippen molar-refractivity contribution in [2.24, 2.45) is 0 Å². The standard InChI is InChI=1S/C10H22Si2.C5H5.2C2H6N.CH3.Ti/c1-11(2,3)9-7-8-10-12(4,5)6;1-2-4-5-3-1;2*1-3-2;;/h7-10H,1-6H3;1-3H,4H2;2*1-2H3;1H3;/q;;2*-1;;+2. The average Bonchev–Trinajstić information content (AvgIpc) is 2.98. The molecule has 0 aromatic rings. The summed E-state index contributed by atoms with van der Waals surface area (Å²) in [6.07, 6.45) is 12.3. The summed E-state index contributed by atoms with van der Waals surface area (Å²) in [4.78, 5) is 0. The number of allylic oxidation sites excluding steroid dienone is 6. The summed E-state index contributed by atoms with van der Waals surface area (Å²) in [6.45, 7) is 14.1. The summed E-state index contributed by atoms with van der Waals surface area (Å²) in [5.41, 5.74) is 4.76. The van der Waals surface area contributed by atoms with Gasteiger partial charge in [-0.3, -0.25) is 0 Å². The minimum absolute atomic E-state index is 0.292. The van der Waals surface area contributed by atoms with Crippen molar-refractivity contribution in [3.8, 4) is 0 Å². The summed E-state index contributed by atoms with van der Waals surface area (Å²) in [5.74, 6) is 0. The summed E-state index contributed by atoms with van der Waals surface area (Å²) in [7, 11) is 5.06. The molecule has 1 rings (SSSR count). The number of nitrogens with zero attached hydrogens (tertiary/aromatic N) is 2. The second-order valence-electron chi connectivity index (χ2n) is 7.92. The predicted molar refractivity (Wildman–Crippen MR) is 123 cm³/mol. The van der Waals surface area contributed by atoms with Crippen molar-refractivity contribution < 1.29 is 19.2 Å². The van der Waals surface area contributed by atoms with Gasteiger partial charge in [-0.15, -0.1) is 0 Å². The molecule has 1 aliphatic carbocycles. The molecule has 144 valence electrons. The van der Waals surface area contributed by atoms with Gasteiger partial charge in [0.1, 0.15) is 0 Å². The molecule has 2 nitrogen and oxygen atoms in total. The van der Waals surface area contributed by atoms with Gasteiger partial charge in [0.2, 0.25) is 0 Å². The predicted octanol–water partition coefficient (Wildman–Crippen LogP) is 7.05. The van der Waals surface area contributed by atoms with E-state index in [1.807, 2.05) is 0 Å². The number of hydrogen-bond donors (Lipinski definition) is 0. The van der Waals surface area contributed by atoms with Crippen LogP contribution in [0.3, 0.4) is 0 Å². The molecule has 25 heavy (non-hydrogen) atoms. The summed E-state index contributed by atoms with van der Waals surface area (Å²) in [5, 5.41) is 9.32. The molecule has 0 N–H and O–H groups in total. The fraction of sp³-hybridized carbons (Fsp3) is 0.600. The van der Waals surface area contributed by atoms with Gasteiger partial charge in [0, 0.05) is 0 Å². The molecule has 0 aromatic heterocycles. The third-order valence-electron chi connectivity index (χ3n) is 2.40. The Hall–Kier alpha value is 0.0281. The van der Waals surface area contributed by atoms with Crippen LogP contribution in [0.25, 0.3) is 10.6 Å². The Balaban J connectivity index is -0.000000312. The second kappa shape index (κ2) is 18.8. The van der Waals surface area contributed by atoms with Gasteiger partial charge in [0.05, 0.1) is 16.1 Å². The minimum atomic E-state index is -0.970. The van der Waals surface area contributed by atoms with E-state index in [-0.39, 0.29) is 0 Å². The maximum atomic E-state index is 3.50. The maximum absolute atomic E-state index is 3.50. The van der Waals surface area contributed by atoms with Crippen LogP contribution in [0.1, 0.15) is 6.42 Å². The molecule has 0 radical (unpaired) electrons. The van der Waals surface area contributed by atoms with Crippen LogP contribution in [-0.2, 0) is 19.2 Å². The molecular weight excluding hydrogens is 372 g/mol. The van der Waals surface area contributed by atoms with Gasteiger partial charge in [-0.2, -0.15) is 28.2 Å². The van der Waals surface area contributed by atoms with Gasteiger partial charge in [-0.25, -0.2) is 0 Å². The third kappa shape index (κ3) is 35.9. The van der Waals surface area contributed by atoms with Crippen molar-refractivity contribution >= 4 is 16.1 Å². The van der Waals surface area contributed by atoms with E-state index < -0.39 is 16.1 Å². The van der Waals surface area contributed by atoms with Crippen molar-refractivity contribution in [2.75, 3.05) is 28.2 Å². The Labute approximate surface area is 170 Å². The molecule has 0 amide bonds. The topological polar surface area (TPSA) is 28.2 Å².